The van der Waals surface area contributed by atoms with Gasteiger partial charge >= 0.3 is 11.9 Å². The zero-order valence-electron chi connectivity index (χ0n) is 7.04. The molecule has 0 spiro atoms. The maximum atomic E-state index is 10.7. The number of H-pyrrole nitrogens is 1. The fourth-order valence-corrected chi connectivity index (χ4v) is 1.12. The van der Waals surface area contributed by atoms with Crippen LogP contribution in [0.4, 0.5) is 0 Å². The molecular weight excluding hydrogens is 190 g/mol. The largest absolute Gasteiger partial charge is 0.481 e. The minimum Gasteiger partial charge on any atom is -0.481 e. The second kappa shape index (κ2) is 3.93. The molecule has 1 heterocycles. The van der Waals surface area contributed by atoms with E-state index in [4.69, 9.17) is 15.3 Å². The summed E-state index contributed by atoms with van der Waals surface area (Å²) in [5, 5.41) is 26.3. The molecule has 0 aromatic carbocycles. The van der Waals surface area contributed by atoms with Crippen LogP contribution in [0.15, 0.2) is 18.3 Å². The average molecular weight is 199 g/mol. The number of hydrogen-bond donors (Lipinski definition) is 4. The zero-order valence-corrected chi connectivity index (χ0v) is 7.04. The maximum absolute atomic E-state index is 10.7. The fourth-order valence-electron chi connectivity index (χ4n) is 1.12. The summed E-state index contributed by atoms with van der Waals surface area (Å²) in [6, 6.07) is 2.94. The number of aromatic amines is 1. The molecule has 0 fully saturated rings. The van der Waals surface area contributed by atoms with E-state index in [1.165, 1.54) is 18.3 Å². The van der Waals surface area contributed by atoms with Crippen LogP contribution in [-0.4, -0.2) is 38.3 Å². The van der Waals surface area contributed by atoms with Crippen LogP contribution >= 0.6 is 0 Å². The minimum atomic E-state index is -1.95. The highest BCUT2D eigenvalue weighted by Gasteiger charge is 2.34. The number of aliphatic carboxylic acids is 2. The van der Waals surface area contributed by atoms with E-state index in [-0.39, 0.29) is 5.69 Å². The van der Waals surface area contributed by atoms with Gasteiger partial charge in [0, 0.05) is 11.9 Å². The molecule has 0 aliphatic heterocycles. The van der Waals surface area contributed by atoms with Gasteiger partial charge < -0.3 is 20.3 Å². The molecule has 0 amide bonds. The molecule has 0 aliphatic rings. The Morgan fingerprint density at radius 1 is 1.29 bits per heavy atom. The molecule has 1 aromatic heterocycles. The summed E-state index contributed by atoms with van der Waals surface area (Å²) in [6.45, 7) is 0. The first kappa shape index (κ1) is 10.3. The highest BCUT2D eigenvalue weighted by molar-refractivity contribution is 5.85. The summed E-state index contributed by atoms with van der Waals surface area (Å²) < 4.78 is 0. The SMILES string of the molecule is O=C(O)C(O)C(C(=O)O)c1ccc[nH]1. The molecule has 2 atom stereocenters. The van der Waals surface area contributed by atoms with E-state index in [0.717, 1.165) is 0 Å². The second-order valence-corrected chi connectivity index (χ2v) is 2.72. The zero-order chi connectivity index (χ0) is 10.7. The van der Waals surface area contributed by atoms with Gasteiger partial charge in [-0.15, -0.1) is 0 Å². The summed E-state index contributed by atoms with van der Waals surface area (Å²) in [5.41, 5.74) is 0.160. The molecule has 0 bridgehead atoms. The normalized spacial score (nSPS) is 14.6. The minimum absolute atomic E-state index is 0.160. The lowest BCUT2D eigenvalue weighted by Crippen LogP contribution is -2.33. The van der Waals surface area contributed by atoms with E-state index < -0.39 is 24.0 Å². The van der Waals surface area contributed by atoms with Crippen molar-refractivity contribution in [1.82, 2.24) is 4.98 Å². The van der Waals surface area contributed by atoms with Crippen LogP contribution in [0.3, 0.4) is 0 Å². The molecule has 0 radical (unpaired) electrons. The molecule has 76 valence electrons. The number of carboxylic acids is 2. The number of aliphatic hydroxyl groups is 1. The van der Waals surface area contributed by atoms with Gasteiger partial charge in [-0.3, -0.25) is 4.79 Å². The van der Waals surface area contributed by atoms with Gasteiger partial charge in [0.15, 0.2) is 6.10 Å². The molecule has 6 nitrogen and oxygen atoms in total. The first-order valence-electron chi connectivity index (χ1n) is 3.81. The first-order valence-corrected chi connectivity index (χ1v) is 3.81. The van der Waals surface area contributed by atoms with Crippen molar-refractivity contribution < 1.29 is 24.9 Å². The Morgan fingerprint density at radius 3 is 2.29 bits per heavy atom. The third kappa shape index (κ3) is 1.91. The number of carboxylic acid groups (broad SMARTS) is 2. The molecule has 0 saturated heterocycles. The van der Waals surface area contributed by atoms with Crippen molar-refractivity contribution in [1.29, 1.82) is 0 Å². The summed E-state index contributed by atoms with van der Waals surface area (Å²) in [4.78, 5) is 23.7. The lowest BCUT2D eigenvalue weighted by Gasteiger charge is -2.13. The second-order valence-electron chi connectivity index (χ2n) is 2.72. The van der Waals surface area contributed by atoms with E-state index >= 15 is 0 Å². The topological polar surface area (TPSA) is 111 Å². The van der Waals surface area contributed by atoms with Gasteiger partial charge in [-0.2, -0.15) is 0 Å². The van der Waals surface area contributed by atoms with Crippen LogP contribution in [0, 0.1) is 0 Å². The fraction of sp³-hybridized carbons (Fsp3) is 0.250. The third-order valence-corrected chi connectivity index (χ3v) is 1.79. The number of aliphatic hydroxyl groups excluding tert-OH is 1. The van der Waals surface area contributed by atoms with Crippen LogP contribution in [0.25, 0.3) is 0 Å². The maximum Gasteiger partial charge on any atom is 0.333 e. The van der Waals surface area contributed by atoms with Crippen molar-refractivity contribution in [3.05, 3.63) is 24.0 Å². The lowest BCUT2D eigenvalue weighted by molar-refractivity contribution is -0.155. The first-order chi connectivity index (χ1) is 6.54. The van der Waals surface area contributed by atoms with Gasteiger partial charge in [-0.1, -0.05) is 0 Å². The number of aromatic nitrogens is 1. The van der Waals surface area contributed by atoms with Crippen LogP contribution < -0.4 is 0 Å². The van der Waals surface area contributed by atoms with Crippen LogP contribution in [0.1, 0.15) is 11.6 Å². The predicted octanol–water partition coefficient (Wildman–Crippen LogP) is -0.372. The van der Waals surface area contributed by atoms with Gasteiger partial charge in [0.2, 0.25) is 0 Å². The Hall–Kier alpha value is -1.82. The number of carbonyl (C=O) groups is 2. The van der Waals surface area contributed by atoms with Crippen LogP contribution in [0.2, 0.25) is 0 Å². The molecule has 0 saturated carbocycles. The molecule has 6 heteroatoms. The summed E-state index contributed by atoms with van der Waals surface area (Å²) in [6.07, 6.45) is -0.494. The van der Waals surface area contributed by atoms with Crippen molar-refractivity contribution in [3.8, 4) is 0 Å². The van der Waals surface area contributed by atoms with Gasteiger partial charge in [0.25, 0.3) is 0 Å². The molecule has 1 rings (SSSR count). The van der Waals surface area contributed by atoms with Crippen molar-refractivity contribution >= 4 is 11.9 Å². The molecular formula is C8H9NO5. The molecule has 4 N–H and O–H groups in total. The summed E-state index contributed by atoms with van der Waals surface area (Å²) in [7, 11) is 0. The van der Waals surface area contributed by atoms with E-state index in [0.29, 0.717) is 0 Å². The quantitative estimate of drug-likeness (QED) is 0.528. The number of hydrogen-bond acceptors (Lipinski definition) is 3. The van der Waals surface area contributed by atoms with E-state index in [2.05, 4.69) is 4.98 Å². The van der Waals surface area contributed by atoms with E-state index in [1.54, 1.807) is 0 Å². The predicted molar refractivity (Wildman–Crippen MR) is 44.8 cm³/mol. The van der Waals surface area contributed by atoms with Gasteiger partial charge in [0.05, 0.1) is 0 Å². The van der Waals surface area contributed by atoms with Crippen molar-refractivity contribution in [2.75, 3.05) is 0 Å². The van der Waals surface area contributed by atoms with Gasteiger partial charge in [-0.05, 0) is 12.1 Å². The summed E-state index contributed by atoms with van der Waals surface area (Å²) >= 11 is 0. The van der Waals surface area contributed by atoms with Crippen LogP contribution in [-0.2, 0) is 9.59 Å². The number of rotatable bonds is 4. The van der Waals surface area contributed by atoms with E-state index in [1.807, 2.05) is 0 Å². The monoisotopic (exact) mass is 199 g/mol. The lowest BCUT2D eigenvalue weighted by atomic mass is 9.99. The summed E-state index contributed by atoms with van der Waals surface area (Å²) in [5.74, 6) is -4.42. The molecule has 2 unspecified atom stereocenters. The Kier molecular flexibility index (Phi) is 2.88. The van der Waals surface area contributed by atoms with Crippen molar-refractivity contribution in [3.63, 3.8) is 0 Å². The number of nitrogens with one attached hydrogen (secondary N) is 1. The Bertz CT molecular complexity index is 332. The average Bonchev–Trinajstić information content (AvgIpc) is 2.56. The smallest absolute Gasteiger partial charge is 0.333 e. The third-order valence-electron chi connectivity index (χ3n) is 1.79. The van der Waals surface area contributed by atoms with Crippen LogP contribution in [0.5, 0.6) is 0 Å². The van der Waals surface area contributed by atoms with E-state index in [9.17, 15) is 9.59 Å². The highest BCUT2D eigenvalue weighted by Crippen LogP contribution is 2.18. The molecule has 1 aromatic rings. The van der Waals surface area contributed by atoms with Gasteiger partial charge in [-0.25, -0.2) is 4.79 Å². The standard InChI is InChI=1S/C8H9NO5/c10-6(8(13)14)5(7(11)12)4-2-1-3-9-4/h1-3,5-6,9-10H,(H,11,12)(H,13,14). The van der Waals surface area contributed by atoms with Gasteiger partial charge in [0.1, 0.15) is 5.92 Å². The van der Waals surface area contributed by atoms with Crippen molar-refractivity contribution in [2.24, 2.45) is 0 Å². The molecule has 14 heavy (non-hydrogen) atoms. The highest BCUT2D eigenvalue weighted by atomic mass is 16.4. The molecule has 0 aliphatic carbocycles. The van der Waals surface area contributed by atoms with Crippen molar-refractivity contribution in [2.45, 2.75) is 12.0 Å². The Morgan fingerprint density at radius 2 is 1.93 bits per heavy atom. The Balaban J connectivity index is 2.97. The Labute approximate surface area is 78.8 Å².